The molecule has 0 bridgehead atoms. The van der Waals surface area contributed by atoms with Crippen molar-refractivity contribution in [3.8, 4) is 10.6 Å². The molecule has 0 spiro atoms. The molecule has 2 N–H and O–H groups in total. The molecular weight excluding hydrogens is 308 g/mol. The van der Waals surface area contributed by atoms with Crippen molar-refractivity contribution in [3.05, 3.63) is 58.4 Å². The minimum Gasteiger partial charge on any atom is -0.343 e. The average molecular weight is 326 g/mol. The fourth-order valence-corrected chi connectivity index (χ4v) is 3.13. The molecule has 5 nitrogen and oxygen atoms in total. The van der Waals surface area contributed by atoms with Crippen molar-refractivity contribution in [2.45, 2.75) is 26.8 Å². The Morgan fingerprint density at radius 2 is 2.09 bits per heavy atom. The summed E-state index contributed by atoms with van der Waals surface area (Å²) in [5, 5.41) is 9.97. The predicted molar refractivity (Wildman–Crippen MR) is 91.5 cm³/mol. The number of H-pyrrole nitrogens is 1. The van der Waals surface area contributed by atoms with E-state index in [0.29, 0.717) is 5.69 Å². The van der Waals surface area contributed by atoms with Crippen LogP contribution in [0, 0.1) is 13.8 Å². The van der Waals surface area contributed by atoms with Gasteiger partial charge in [-0.1, -0.05) is 6.07 Å². The van der Waals surface area contributed by atoms with Gasteiger partial charge < -0.3 is 5.32 Å². The number of aryl methyl sites for hydroxylation is 2. The highest BCUT2D eigenvalue weighted by molar-refractivity contribution is 7.15. The van der Waals surface area contributed by atoms with Crippen molar-refractivity contribution in [3.63, 3.8) is 0 Å². The van der Waals surface area contributed by atoms with Crippen LogP contribution in [0.2, 0.25) is 0 Å². The van der Waals surface area contributed by atoms with Crippen molar-refractivity contribution in [2.24, 2.45) is 0 Å². The van der Waals surface area contributed by atoms with Gasteiger partial charge in [0.15, 0.2) is 5.69 Å². The van der Waals surface area contributed by atoms with E-state index in [4.69, 9.17) is 0 Å². The molecule has 0 saturated carbocycles. The van der Waals surface area contributed by atoms with Crippen molar-refractivity contribution in [1.29, 1.82) is 0 Å². The van der Waals surface area contributed by atoms with Gasteiger partial charge in [-0.25, -0.2) is 0 Å². The number of carbonyl (C=O) groups excluding carboxylic acids is 1. The third-order valence-corrected chi connectivity index (χ3v) is 4.55. The first-order valence-electron chi connectivity index (χ1n) is 7.39. The zero-order valence-electron chi connectivity index (χ0n) is 13.3. The van der Waals surface area contributed by atoms with E-state index in [1.807, 2.05) is 44.2 Å². The van der Waals surface area contributed by atoms with E-state index in [9.17, 15) is 4.79 Å². The van der Waals surface area contributed by atoms with E-state index in [-0.39, 0.29) is 11.9 Å². The SMILES string of the molecule is Cc1cccc([C@H](C)NC(=O)c2cc(-c3ccc(C)s3)[nH]n2)n1. The Bertz CT molecular complexity index is 836. The van der Waals surface area contributed by atoms with Gasteiger partial charge in [0, 0.05) is 10.6 Å². The molecule has 0 aliphatic heterocycles. The molecule has 3 aromatic rings. The smallest absolute Gasteiger partial charge is 0.272 e. The Balaban J connectivity index is 1.72. The van der Waals surface area contributed by atoms with Gasteiger partial charge >= 0.3 is 0 Å². The van der Waals surface area contributed by atoms with Crippen LogP contribution < -0.4 is 5.32 Å². The number of aromatic nitrogens is 3. The molecule has 0 saturated heterocycles. The molecule has 0 radical (unpaired) electrons. The summed E-state index contributed by atoms with van der Waals surface area (Å²) in [5.74, 6) is -0.211. The number of thiophene rings is 1. The summed E-state index contributed by atoms with van der Waals surface area (Å²) in [7, 11) is 0. The lowest BCUT2D eigenvalue weighted by Crippen LogP contribution is -2.27. The average Bonchev–Trinajstić information content (AvgIpc) is 3.15. The van der Waals surface area contributed by atoms with Crippen LogP contribution in [0.1, 0.15) is 39.7 Å². The summed E-state index contributed by atoms with van der Waals surface area (Å²) in [6.07, 6.45) is 0. The fourth-order valence-electron chi connectivity index (χ4n) is 2.29. The molecule has 23 heavy (non-hydrogen) atoms. The molecule has 6 heteroatoms. The Morgan fingerprint density at radius 1 is 1.26 bits per heavy atom. The lowest BCUT2D eigenvalue weighted by Gasteiger charge is -2.12. The molecular formula is C17H18N4OS. The van der Waals surface area contributed by atoms with Crippen molar-refractivity contribution < 1.29 is 4.79 Å². The van der Waals surface area contributed by atoms with Crippen LogP contribution in [0.3, 0.4) is 0 Å². The van der Waals surface area contributed by atoms with Crippen molar-refractivity contribution in [2.75, 3.05) is 0 Å². The van der Waals surface area contributed by atoms with E-state index in [1.165, 1.54) is 4.88 Å². The Morgan fingerprint density at radius 3 is 2.78 bits per heavy atom. The molecule has 1 atom stereocenters. The predicted octanol–water partition coefficient (Wildman–Crippen LogP) is 3.64. The van der Waals surface area contributed by atoms with Crippen LogP contribution in [0.15, 0.2) is 36.4 Å². The number of amides is 1. The number of carbonyl (C=O) groups is 1. The zero-order valence-corrected chi connectivity index (χ0v) is 14.1. The highest BCUT2D eigenvalue weighted by Crippen LogP contribution is 2.26. The van der Waals surface area contributed by atoms with Crippen LogP contribution in [0.4, 0.5) is 0 Å². The summed E-state index contributed by atoms with van der Waals surface area (Å²) in [4.78, 5) is 19.1. The number of nitrogens with zero attached hydrogens (tertiary/aromatic N) is 2. The Hall–Kier alpha value is -2.47. The molecule has 0 aliphatic rings. The van der Waals surface area contributed by atoms with Gasteiger partial charge in [0.2, 0.25) is 0 Å². The first-order valence-corrected chi connectivity index (χ1v) is 8.21. The van der Waals surface area contributed by atoms with Crippen molar-refractivity contribution in [1.82, 2.24) is 20.5 Å². The number of nitrogens with one attached hydrogen (secondary N) is 2. The van der Waals surface area contributed by atoms with Crippen LogP contribution >= 0.6 is 11.3 Å². The van der Waals surface area contributed by atoms with E-state index in [0.717, 1.165) is 22.0 Å². The zero-order chi connectivity index (χ0) is 16.4. The summed E-state index contributed by atoms with van der Waals surface area (Å²) in [6.45, 7) is 5.89. The molecule has 0 aliphatic carbocycles. The normalized spacial score (nSPS) is 12.1. The van der Waals surface area contributed by atoms with E-state index < -0.39 is 0 Å². The number of hydrogen-bond acceptors (Lipinski definition) is 4. The largest absolute Gasteiger partial charge is 0.343 e. The molecule has 1 amide bonds. The van der Waals surface area contributed by atoms with Gasteiger partial charge in [-0.2, -0.15) is 5.10 Å². The summed E-state index contributed by atoms with van der Waals surface area (Å²) < 4.78 is 0. The van der Waals surface area contributed by atoms with Crippen LogP contribution in [0.5, 0.6) is 0 Å². The maximum Gasteiger partial charge on any atom is 0.272 e. The maximum atomic E-state index is 12.3. The van der Waals surface area contributed by atoms with Gasteiger partial charge in [-0.05, 0) is 51.1 Å². The number of aromatic amines is 1. The minimum atomic E-state index is -0.211. The second kappa shape index (κ2) is 6.34. The summed E-state index contributed by atoms with van der Waals surface area (Å²) >= 11 is 1.67. The highest BCUT2D eigenvalue weighted by atomic mass is 32.1. The van der Waals surface area contributed by atoms with Gasteiger partial charge in [-0.3, -0.25) is 14.9 Å². The monoisotopic (exact) mass is 326 g/mol. The van der Waals surface area contributed by atoms with Crippen molar-refractivity contribution >= 4 is 17.2 Å². The minimum absolute atomic E-state index is 0.175. The van der Waals surface area contributed by atoms with Gasteiger partial charge in [0.05, 0.1) is 22.3 Å². The lowest BCUT2D eigenvalue weighted by molar-refractivity contribution is 0.0934. The molecule has 0 fully saturated rings. The van der Waals surface area contributed by atoms with E-state index in [1.54, 1.807) is 17.4 Å². The first-order chi connectivity index (χ1) is 11.0. The van der Waals surface area contributed by atoms with Crippen LogP contribution in [-0.4, -0.2) is 21.1 Å². The summed E-state index contributed by atoms with van der Waals surface area (Å²) in [6, 6.07) is 11.4. The standard InChI is InChI=1S/C17H18N4OS/c1-10-5-4-6-13(18-10)12(3)19-17(22)15-9-14(20-21-15)16-8-7-11(2)23-16/h4-9,12H,1-3H3,(H,19,22)(H,20,21)/t12-/m0/s1. The summed E-state index contributed by atoms with van der Waals surface area (Å²) in [5.41, 5.74) is 3.00. The van der Waals surface area contributed by atoms with Gasteiger partial charge in [-0.15, -0.1) is 11.3 Å². The quantitative estimate of drug-likeness (QED) is 0.769. The maximum absolute atomic E-state index is 12.3. The Kier molecular flexibility index (Phi) is 4.25. The molecule has 3 heterocycles. The first kappa shape index (κ1) is 15.4. The number of rotatable bonds is 4. The second-order valence-corrected chi connectivity index (χ2v) is 6.76. The number of hydrogen-bond donors (Lipinski definition) is 2. The third-order valence-electron chi connectivity index (χ3n) is 3.52. The Labute approximate surface area is 138 Å². The van der Waals surface area contributed by atoms with Gasteiger partial charge in [0.1, 0.15) is 0 Å². The highest BCUT2D eigenvalue weighted by Gasteiger charge is 2.16. The molecule has 3 rings (SSSR count). The third kappa shape index (κ3) is 3.48. The molecule has 3 aromatic heterocycles. The van der Waals surface area contributed by atoms with E-state index in [2.05, 4.69) is 27.4 Å². The molecule has 0 aromatic carbocycles. The van der Waals surface area contributed by atoms with Gasteiger partial charge in [0.25, 0.3) is 5.91 Å². The topological polar surface area (TPSA) is 70.7 Å². The fraction of sp³-hybridized carbons (Fsp3) is 0.235. The van der Waals surface area contributed by atoms with E-state index >= 15 is 0 Å². The van der Waals surface area contributed by atoms with Crippen LogP contribution in [0.25, 0.3) is 10.6 Å². The van der Waals surface area contributed by atoms with Crippen LogP contribution in [-0.2, 0) is 0 Å². The second-order valence-electron chi connectivity index (χ2n) is 5.48. The number of pyridine rings is 1. The molecule has 118 valence electrons. The molecule has 0 unspecified atom stereocenters. The lowest BCUT2D eigenvalue weighted by atomic mass is 10.2.